The average Bonchev–Trinajstić information content (AvgIpc) is 2.56. The quantitative estimate of drug-likeness (QED) is 0.564. The van der Waals surface area contributed by atoms with Crippen molar-refractivity contribution in [2.24, 2.45) is 0 Å². The number of benzene rings is 2. The molecule has 2 aromatic rings. The summed E-state index contributed by atoms with van der Waals surface area (Å²) in [7, 11) is 1.62. The van der Waals surface area contributed by atoms with Crippen molar-refractivity contribution in [2.75, 3.05) is 25.6 Å². The Morgan fingerprint density at radius 3 is 2.62 bits per heavy atom. The van der Waals surface area contributed by atoms with Crippen molar-refractivity contribution in [2.45, 2.75) is 0 Å². The van der Waals surface area contributed by atoms with Crippen molar-refractivity contribution >= 4 is 44.9 Å². The lowest BCUT2D eigenvalue weighted by atomic mass is 10.2. The fourth-order valence-corrected chi connectivity index (χ4v) is 2.32. The van der Waals surface area contributed by atoms with E-state index < -0.39 is 0 Å². The minimum Gasteiger partial charge on any atom is -0.491 e. The van der Waals surface area contributed by atoms with Gasteiger partial charge in [-0.05, 0) is 48.6 Å². The highest BCUT2D eigenvalue weighted by Crippen LogP contribution is 2.17. The summed E-state index contributed by atoms with van der Waals surface area (Å²) in [5.74, 6) is 0.423. The van der Waals surface area contributed by atoms with Crippen LogP contribution in [0.4, 0.5) is 5.69 Å². The number of nitrogens with one attached hydrogen (secondary N) is 2. The molecule has 0 fully saturated rings. The van der Waals surface area contributed by atoms with Crippen molar-refractivity contribution < 1.29 is 14.3 Å². The van der Waals surface area contributed by atoms with Crippen LogP contribution < -0.4 is 15.4 Å². The molecule has 0 spiro atoms. The summed E-state index contributed by atoms with van der Waals surface area (Å²) in [5.41, 5.74) is 1.25. The monoisotopic (exact) mass is 408 g/mol. The summed E-state index contributed by atoms with van der Waals surface area (Å²) in [6.07, 6.45) is 0. The van der Waals surface area contributed by atoms with Crippen LogP contribution >= 0.6 is 28.1 Å². The Hall–Kier alpha value is -1.96. The number of anilines is 1. The van der Waals surface area contributed by atoms with Crippen molar-refractivity contribution in [3.63, 3.8) is 0 Å². The van der Waals surface area contributed by atoms with Crippen molar-refractivity contribution in [1.82, 2.24) is 5.32 Å². The molecule has 0 aliphatic heterocycles. The van der Waals surface area contributed by atoms with E-state index in [1.807, 2.05) is 18.2 Å². The number of amides is 1. The highest BCUT2D eigenvalue weighted by molar-refractivity contribution is 9.10. The van der Waals surface area contributed by atoms with E-state index in [2.05, 4.69) is 26.6 Å². The second kappa shape index (κ2) is 9.36. The Morgan fingerprint density at radius 2 is 1.92 bits per heavy atom. The van der Waals surface area contributed by atoms with Gasteiger partial charge in [0.2, 0.25) is 0 Å². The lowest BCUT2D eigenvalue weighted by Crippen LogP contribution is -2.34. The molecule has 0 saturated carbocycles. The Bertz CT molecular complexity index is 707. The summed E-state index contributed by atoms with van der Waals surface area (Å²) in [6, 6.07) is 14.3. The number of carbonyl (C=O) groups is 1. The third-order valence-electron chi connectivity index (χ3n) is 2.98. The minimum absolute atomic E-state index is 0.219. The van der Waals surface area contributed by atoms with Crippen LogP contribution in [0.15, 0.2) is 53.0 Å². The molecular weight excluding hydrogens is 392 g/mol. The molecule has 0 atom stereocenters. The van der Waals surface area contributed by atoms with Crippen LogP contribution in [0.3, 0.4) is 0 Å². The first-order valence-corrected chi connectivity index (χ1v) is 8.38. The summed E-state index contributed by atoms with van der Waals surface area (Å²) < 4.78 is 11.4. The van der Waals surface area contributed by atoms with Crippen molar-refractivity contribution in [3.8, 4) is 5.75 Å². The molecule has 0 radical (unpaired) electrons. The number of ether oxygens (including phenoxy) is 2. The normalized spacial score (nSPS) is 10.1. The first-order valence-electron chi connectivity index (χ1n) is 7.18. The first-order chi connectivity index (χ1) is 11.6. The lowest BCUT2D eigenvalue weighted by Gasteiger charge is -2.11. The second-order valence-corrected chi connectivity index (χ2v) is 6.11. The zero-order chi connectivity index (χ0) is 17.4. The topological polar surface area (TPSA) is 59.6 Å². The van der Waals surface area contributed by atoms with Crippen LogP contribution in [0.25, 0.3) is 0 Å². The number of carbonyl (C=O) groups excluding carboxylic acids is 1. The van der Waals surface area contributed by atoms with Gasteiger partial charge in [0.25, 0.3) is 5.91 Å². The van der Waals surface area contributed by atoms with Gasteiger partial charge in [0.15, 0.2) is 5.11 Å². The van der Waals surface area contributed by atoms with E-state index in [-0.39, 0.29) is 11.0 Å². The van der Waals surface area contributed by atoms with Gasteiger partial charge in [-0.25, -0.2) is 0 Å². The number of halogens is 1. The molecule has 2 N–H and O–H groups in total. The van der Waals surface area contributed by atoms with Gasteiger partial charge >= 0.3 is 0 Å². The fraction of sp³-hybridized carbons (Fsp3) is 0.176. The van der Waals surface area contributed by atoms with E-state index in [0.29, 0.717) is 24.5 Å². The molecule has 0 aromatic heterocycles. The van der Waals surface area contributed by atoms with E-state index >= 15 is 0 Å². The molecule has 0 bridgehead atoms. The summed E-state index contributed by atoms with van der Waals surface area (Å²) >= 11 is 8.50. The second-order valence-electron chi connectivity index (χ2n) is 4.78. The molecule has 0 heterocycles. The number of methoxy groups -OCH3 is 1. The van der Waals surface area contributed by atoms with Gasteiger partial charge in [0, 0.05) is 28.9 Å². The first kappa shape index (κ1) is 18.4. The number of rotatable bonds is 6. The zero-order valence-electron chi connectivity index (χ0n) is 13.0. The third kappa shape index (κ3) is 5.92. The maximum atomic E-state index is 12.1. The zero-order valence-corrected chi connectivity index (χ0v) is 15.4. The van der Waals surface area contributed by atoms with E-state index in [1.54, 1.807) is 37.4 Å². The average molecular weight is 409 g/mol. The molecule has 24 heavy (non-hydrogen) atoms. The van der Waals surface area contributed by atoms with Gasteiger partial charge in [-0.3, -0.25) is 10.1 Å². The van der Waals surface area contributed by atoms with E-state index in [4.69, 9.17) is 21.7 Å². The predicted octanol–water partition coefficient (Wildman–Crippen LogP) is 3.60. The molecule has 0 aliphatic rings. The van der Waals surface area contributed by atoms with E-state index in [9.17, 15) is 4.79 Å². The maximum Gasteiger partial charge on any atom is 0.257 e. The van der Waals surface area contributed by atoms with Crippen LogP contribution in [-0.2, 0) is 4.74 Å². The molecule has 0 aliphatic carbocycles. The molecule has 2 rings (SSSR count). The van der Waals surface area contributed by atoms with Gasteiger partial charge < -0.3 is 14.8 Å². The van der Waals surface area contributed by atoms with Crippen molar-refractivity contribution in [3.05, 3.63) is 58.6 Å². The summed E-state index contributed by atoms with van der Waals surface area (Å²) in [6.45, 7) is 0.976. The summed E-state index contributed by atoms with van der Waals surface area (Å²) in [4.78, 5) is 12.1. The number of hydrogen-bond donors (Lipinski definition) is 2. The van der Waals surface area contributed by atoms with Gasteiger partial charge in [-0.1, -0.05) is 22.0 Å². The van der Waals surface area contributed by atoms with Crippen LogP contribution in [0, 0.1) is 0 Å². The number of hydrogen-bond acceptors (Lipinski definition) is 4. The smallest absolute Gasteiger partial charge is 0.257 e. The highest BCUT2D eigenvalue weighted by atomic mass is 79.9. The predicted molar refractivity (Wildman–Crippen MR) is 102 cm³/mol. The van der Waals surface area contributed by atoms with E-state index in [1.165, 1.54) is 0 Å². The Kier molecular flexibility index (Phi) is 7.17. The molecule has 126 valence electrons. The summed E-state index contributed by atoms with van der Waals surface area (Å²) in [5, 5.41) is 5.82. The Morgan fingerprint density at radius 1 is 1.17 bits per heavy atom. The number of thiocarbonyl (C=S) groups is 1. The van der Waals surface area contributed by atoms with Crippen molar-refractivity contribution in [1.29, 1.82) is 0 Å². The van der Waals surface area contributed by atoms with Crippen LogP contribution in [0.5, 0.6) is 5.75 Å². The molecule has 1 amide bonds. The van der Waals surface area contributed by atoms with E-state index in [0.717, 1.165) is 10.2 Å². The van der Waals surface area contributed by atoms with Gasteiger partial charge in [-0.15, -0.1) is 0 Å². The molecule has 0 unspecified atom stereocenters. The maximum absolute atomic E-state index is 12.1. The van der Waals surface area contributed by atoms with Gasteiger partial charge in [-0.2, -0.15) is 0 Å². The highest BCUT2D eigenvalue weighted by Gasteiger charge is 2.08. The molecule has 2 aromatic carbocycles. The van der Waals surface area contributed by atoms with Gasteiger partial charge in [0.1, 0.15) is 12.4 Å². The third-order valence-corrected chi connectivity index (χ3v) is 3.71. The van der Waals surface area contributed by atoms with Crippen LogP contribution in [0.1, 0.15) is 10.4 Å². The Labute approximate surface area is 154 Å². The van der Waals surface area contributed by atoms with Crippen LogP contribution in [-0.4, -0.2) is 31.3 Å². The largest absolute Gasteiger partial charge is 0.491 e. The van der Waals surface area contributed by atoms with Crippen LogP contribution in [0.2, 0.25) is 0 Å². The fourth-order valence-electron chi connectivity index (χ4n) is 1.85. The Balaban J connectivity index is 1.90. The van der Waals surface area contributed by atoms with Gasteiger partial charge in [0.05, 0.1) is 6.61 Å². The molecule has 7 heteroatoms. The molecule has 0 saturated heterocycles. The lowest BCUT2D eigenvalue weighted by molar-refractivity contribution is 0.0977. The molecule has 5 nitrogen and oxygen atoms in total. The standard InChI is InChI=1S/C17H17BrN2O3S/c1-22-9-10-23-15-4-2-3-14(11-15)19-17(24)20-16(21)12-5-7-13(18)8-6-12/h2-8,11H,9-10H2,1H3,(H2,19,20,21,24). The minimum atomic E-state index is -0.271. The molecular formula is C17H17BrN2O3S. The SMILES string of the molecule is COCCOc1cccc(NC(=S)NC(=O)c2ccc(Br)cc2)c1.